The molecule has 0 saturated heterocycles. The number of hydrogen-bond acceptors (Lipinski definition) is 3. The Kier molecular flexibility index (Phi) is 5.50. The van der Waals surface area contributed by atoms with Crippen molar-refractivity contribution >= 4 is 28.9 Å². The van der Waals surface area contributed by atoms with Crippen LogP contribution in [-0.2, 0) is 0 Å². The first-order chi connectivity index (χ1) is 7.95. The fourth-order valence-electron chi connectivity index (χ4n) is 1.63. The summed E-state index contributed by atoms with van der Waals surface area (Å²) in [6.45, 7) is 7.72. The van der Waals surface area contributed by atoms with Crippen molar-refractivity contribution in [1.29, 1.82) is 0 Å². The van der Waals surface area contributed by atoms with Crippen LogP contribution in [0.3, 0.4) is 0 Å². The van der Waals surface area contributed by atoms with Gasteiger partial charge in [0.05, 0.1) is 5.69 Å². The van der Waals surface area contributed by atoms with Crippen molar-refractivity contribution < 1.29 is 0 Å². The lowest BCUT2D eigenvalue weighted by Gasteiger charge is -2.21. The quantitative estimate of drug-likeness (QED) is 0.811. The van der Waals surface area contributed by atoms with E-state index in [1.54, 1.807) is 6.07 Å². The Balaban J connectivity index is 2.75. The molecule has 5 heteroatoms. The van der Waals surface area contributed by atoms with Gasteiger partial charge in [-0.1, -0.05) is 37.0 Å². The molecule has 0 saturated carbocycles. The van der Waals surface area contributed by atoms with E-state index in [1.165, 1.54) is 0 Å². The summed E-state index contributed by atoms with van der Waals surface area (Å²) < 4.78 is 0. The van der Waals surface area contributed by atoms with Gasteiger partial charge in [0.25, 0.3) is 0 Å². The number of anilines is 1. The number of aryl methyl sites for hydroxylation is 1. The SMILES string of the molecule is Cc1cc(Cl)nc(Cl)c1NCC(CN)C(C)C. The van der Waals surface area contributed by atoms with Crippen molar-refractivity contribution in [2.75, 3.05) is 18.4 Å². The molecular formula is C12H19Cl2N3. The van der Waals surface area contributed by atoms with Gasteiger partial charge in [0, 0.05) is 6.54 Å². The van der Waals surface area contributed by atoms with Crippen LogP contribution in [0.2, 0.25) is 10.3 Å². The van der Waals surface area contributed by atoms with Crippen LogP contribution in [0.5, 0.6) is 0 Å². The minimum Gasteiger partial charge on any atom is -0.382 e. The summed E-state index contributed by atoms with van der Waals surface area (Å²) in [5.41, 5.74) is 7.57. The number of halogens is 2. The maximum absolute atomic E-state index is 6.05. The molecule has 1 aromatic heterocycles. The maximum atomic E-state index is 6.05. The van der Waals surface area contributed by atoms with E-state index in [1.807, 2.05) is 6.92 Å². The Morgan fingerprint density at radius 1 is 1.41 bits per heavy atom. The summed E-state index contributed by atoms with van der Waals surface area (Å²) in [4.78, 5) is 4.02. The van der Waals surface area contributed by atoms with Crippen LogP contribution in [0.1, 0.15) is 19.4 Å². The molecule has 3 nitrogen and oxygen atoms in total. The smallest absolute Gasteiger partial charge is 0.154 e. The molecule has 1 heterocycles. The minimum atomic E-state index is 0.412. The lowest BCUT2D eigenvalue weighted by Crippen LogP contribution is -2.27. The van der Waals surface area contributed by atoms with E-state index in [-0.39, 0.29) is 0 Å². The number of hydrogen-bond donors (Lipinski definition) is 2. The molecule has 0 aliphatic rings. The highest BCUT2D eigenvalue weighted by molar-refractivity contribution is 6.34. The average molecular weight is 276 g/mol. The molecule has 0 spiro atoms. The molecule has 17 heavy (non-hydrogen) atoms. The van der Waals surface area contributed by atoms with Gasteiger partial charge in [-0.3, -0.25) is 0 Å². The third-order valence-corrected chi connectivity index (χ3v) is 3.39. The second kappa shape index (κ2) is 6.43. The van der Waals surface area contributed by atoms with Crippen LogP contribution >= 0.6 is 23.2 Å². The van der Waals surface area contributed by atoms with Gasteiger partial charge in [-0.15, -0.1) is 0 Å². The molecule has 0 fully saturated rings. The monoisotopic (exact) mass is 275 g/mol. The van der Waals surface area contributed by atoms with Gasteiger partial charge in [0.2, 0.25) is 0 Å². The lowest BCUT2D eigenvalue weighted by atomic mass is 9.96. The summed E-state index contributed by atoms with van der Waals surface area (Å²) in [6, 6.07) is 1.79. The molecular weight excluding hydrogens is 257 g/mol. The summed E-state index contributed by atoms with van der Waals surface area (Å²) in [6.07, 6.45) is 0. The van der Waals surface area contributed by atoms with E-state index in [0.717, 1.165) is 17.8 Å². The van der Waals surface area contributed by atoms with Gasteiger partial charge < -0.3 is 11.1 Å². The normalized spacial score (nSPS) is 12.9. The van der Waals surface area contributed by atoms with Gasteiger partial charge in [-0.25, -0.2) is 4.98 Å². The Labute approximate surface area is 113 Å². The van der Waals surface area contributed by atoms with E-state index < -0.39 is 0 Å². The van der Waals surface area contributed by atoms with E-state index in [4.69, 9.17) is 28.9 Å². The number of aromatic nitrogens is 1. The molecule has 3 N–H and O–H groups in total. The van der Waals surface area contributed by atoms with Crippen LogP contribution in [0.4, 0.5) is 5.69 Å². The highest BCUT2D eigenvalue weighted by Crippen LogP contribution is 2.26. The third kappa shape index (κ3) is 4.02. The summed E-state index contributed by atoms with van der Waals surface area (Å²) >= 11 is 11.9. The van der Waals surface area contributed by atoms with Crippen LogP contribution in [0, 0.1) is 18.8 Å². The number of nitrogens with two attached hydrogens (primary N) is 1. The highest BCUT2D eigenvalue weighted by atomic mass is 35.5. The number of rotatable bonds is 5. The van der Waals surface area contributed by atoms with Crippen molar-refractivity contribution in [2.45, 2.75) is 20.8 Å². The number of nitrogens with zero attached hydrogens (tertiary/aromatic N) is 1. The standard InChI is InChI=1S/C12H19Cl2N3/c1-7(2)9(5-15)6-16-11-8(3)4-10(13)17-12(11)14/h4,7,9,16H,5-6,15H2,1-3H3. The van der Waals surface area contributed by atoms with E-state index in [2.05, 4.69) is 24.1 Å². The fourth-order valence-corrected chi connectivity index (χ4v) is 2.23. The van der Waals surface area contributed by atoms with Gasteiger partial charge >= 0.3 is 0 Å². The molecule has 0 amide bonds. The Morgan fingerprint density at radius 2 is 2.06 bits per heavy atom. The predicted molar refractivity (Wildman–Crippen MR) is 74.9 cm³/mol. The highest BCUT2D eigenvalue weighted by Gasteiger charge is 2.13. The number of pyridine rings is 1. The summed E-state index contributed by atoms with van der Waals surface area (Å²) in [5, 5.41) is 4.13. The van der Waals surface area contributed by atoms with Crippen molar-refractivity contribution in [3.05, 3.63) is 21.9 Å². The first kappa shape index (κ1) is 14.6. The van der Waals surface area contributed by atoms with E-state index in [9.17, 15) is 0 Å². The molecule has 1 rings (SSSR count). The van der Waals surface area contributed by atoms with Crippen molar-refractivity contribution in [3.63, 3.8) is 0 Å². The van der Waals surface area contributed by atoms with Crippen molar-refractivity contribution in [2.24, 2.45) is 17.6 Å². The Hall–Kier alpha value is -0.510. The van der Waals surface area contributed by atoms with Crippen LogP contribution in [0.15, 0.2) is 6.07 Å². The second-order valence-electron chi connectivity index (χ2n) is 4.55. The zero-order valence-electron chi connectivity index (χ0n) is 10.4. The van der Waals surface area contributed by atoms with Gasteiger partial charge in [0.1, 0.15) is 5.15 Å². The lowest BCUT2D eigenvalue weighted by molar-refractivity contribution is 0.413. The topological polar surface area (TPSA) is 50.9 Å². The van der Waals surface area contributed by atoms with Gasteiger partial charge in [-0.05, 0) is 36.9 Å². The zero-order valence-corrected chi connectivity index (χ0v) is 11.9. The van der Waals surface area contributed by atoms with Crippen molar-refractivity contribution in [3.8, 4) is 0 Å². The van der Waals surface area contributed by atoms with E-state index in [0.29, 0.717) is 28.7 Å². The average Bonchev–Trinajstić information content (AvgIpc) is 2.21. The Bertz CT molecular complexity index is 357. The molecule has 0 radical (unpaired) electrons. The first-order valence-corrected chi connectivity index (χ1v) is 6.47. The first-order valence-electron chi connectivity index (χ1n) is 5.72. The summed E-state index contributed by atoms with van der Waals surface area (Å²) in [5.74, 6) is 0.952. The molecule has 1 aromatic rings. The van der Waals surface area contributed by atoms with E-state index >= 15 is 0 Å². The largest absolute Gasteiger partial charge is 0.382 e. The molecule has 0 bridgehead atoms. The second-order valence-corrected chi connectivity index (χ2v) is 5.29. The predicted octanol–water partition coefficient (Wildman–Crippen LogP) is 3.34. The molecule has 1 unspecified atom stereocenters. The minimum absolute atomic E-state index is 0.412. The fraction of sp³-hybridized carbons (Fsp3) is 0.583. The van der Waals surface area contributed by atoms with Gasteiger partial charge in [0.15, 0.2) is 5.15 Å². The van der Waals surface area contributed by atoms with Crippen LogP contribution in [0.25, 0.3) is 0 Å². The molecule has 0 aliphatic carbocycles. The number of nitrogens with one attached hydrogen (secondary N) is 1. The third-order valence-electron chi connectivity index (χ3n) is 2.93. The summed E-state index contributed by atoms with van der Waals surface area (Å²) in [7, 11) is 0. The maximum Gasteiger partial charge on any atom is 0.154 e. The molecule has 1 atom stereocenters. The molecule has 0 aromatic carbocycles. The van der Waals surface area contributed by atoms with Crippen LogP contribution < -0.4 is 11.1 Å². The van der Waals surface area contributed by atoms with Gasteiger partial charge in [-0.2, -0.15) is 0 Å². The Morgan fingerprint density at radius 3 is 2.53 bits per heavy atom. The molecule has 96 valence electrons. The van der Waals surface area contributed by atoms with Crippen LogP contribution in [-0.4, -0.2) is 18.1 Å². The zero-order chi connectivity index (χ0) is 13.0. The van der Waals surface area contributed by atoms with Crippen molar-refractivity contribution in [1.82, 2.24) is 4.98 Å². The molecule has 0 aliphatic heterocycles.